The molecule has 0 heterocycles. The molecule has 0 saturated heterocycles. The van der Waals surface area contributed by atoms with Crippen molar-refractivity contribution in [3.63, 3.8) is 0 Å². The van der Waals surface area contributed by atoms with E-state index >= 15 is 0 Å². The van der Waals surface area contributed by atoms with E-state index < -0.39 is 0 Å². The van der Waals surface area contributed by atoms with Crippen molar-refractivity contribution in [2.75, 3.05) is 13.1 Å². The maximum absolute atomic E-state index is 9.60. The van der Waals surface area contributed by atoms with Crippen LogP contribution >= 0.6 is 11.6 Å². The molecule has 2 rings (SSSR count). The molecule has 0 spiro atoms. The van der Waals surface area contributed by atoms with Gasteiger partial charge in [-0.1, -0.05) is 42.8 Å². The number of benzene rings is 2. The van der Waals surface area contributed by atoms with Crippen LogP contribution in [0.4, 0.5) is 0 Å². The first-order valence-corrected chi connectivity index (χ1v) is 7.78. The van der Waals surface area contributed by atoms with Crippen LogP contribution in [0, 0.1) is 5.92 Å². The molecule has 112 valence electrons. The Morgan fingerprint density at radius 3 is 2.33 bits per heavy atom. The van der Waals surface area contributed by atoms with Crippen molar-refractivity contribution in [1.29, 1.82) is 0 Å². The first-order valence-electron chi connectivity index (χ1n) is 7.40. The summed E-state index contributed by atoms with van der Waals surface area (Å²) in [6.07, 6.45) is 1.91. The van der Waals surface area contributed by atoms with Gasteiger partial charge in [0.25, 0.3) is 0 Å². The second-order valence-corrected chi connectivity index (χ2v) is 5.82. The number of hydrogen-bond acceptors (Lipinski definition) is 2. The third kappa shape index (κ3) is 5.41. The van der Waals surface area contributed by atoms with Crippen LogP contribution in [0.25, 0.3) is 0 Å². The molecular formula is C18H22ClNO. The number of hydrogen-bond donors (Lipinski definition) is 2. The van der Waals surface area contributed by atoms with Crippen LogP contribution in [-0.2, 0) is 12.8 Å². The van der Waals surface area contributed by atoms with Crippen molar-refractivity contribution in [3.8, 4) is 5.75 Å². The molecule has 2 N–H and O–H groups in total. The van der Waals surface area contributed by atoms with Crippen LogP contribution in [0.3, 0.4) is 0 Å². The normalized spacial score (nSPS) is 12.3. The summed E-state index contributed by atoms with van der Waals surface area (Å²) in [5.74, 6) is 0.808. The van der Waals surface area contributed by atoms with E-state index in [0.29, 0.717) is 11.7 Å². The van der Waals surface area contributed by atoms with Crippen molar-refractivity contribution in [2.24, 2.45) is 5.92 Å². The largest absolute Gasteiger partial charge is 0.508 e. The fourth-order valence-electron chi connectivity index (χ4n) is 2.58. The van der Waals surface area contributed by atoms with Crippen LogP contribution in [0.1, 0.15) is 18.1 Å². The zero-order valence-corrected chi connectivity index (χ0v) is 13.1. The summed E-state index contributed by atoms with van der Waals surface area (Å²) in [6.45, 7) is 4.04. The monoisotopic (exact) mass is 303 g/mol. The van der Waals surface area contributed by atoms with Gasteiger partial charge in [-0.3, -0.25) is 0 Å². The highest BCUT2D eigenvalue weighted by Gasteiger charge is 2.11. The Labute approximate surface area is 131 Å². The standard InChI is InChI=1S/C18H22ClNO/c1-2-20-13-16(9-14-5-3-7-17(19)11-14)10-15-6-4-8-18(21)12-15/h3-8,11-12,16,20-21H,2,9-10,13H2,1H3. The average Bonchev–Trinajstić information content (AvgIpc) is 2.45. The van der Waals surface area contributed by atoms with Crippen molar-refractivity contribution >= 4 is 11.6 Å². The summed E-state index contributed by atoms with van der Waals surface area (Å²) >= 11 is 6.06. The van der Waals surface area contributed by atoms with Crippen LogP contribution in [0.15, 0.2) is 48.5 Å². The maximum atomic E-state index is 9.60. The highest BCUT2D eigenvalue weighted by Crippen LogP contribution is 2.19. The third-order valence-electron chi connectivity index (χ3n) is 3.53. The molecule has 0 amide bonds. The summed E-state index contributed by atoms with van der Waals surface area (Å²) in [6, 6.07) is 15.6. The minimum atomic E-state index is 0.331. The molecular weight excluding hydrogens is 282 g/mol. The number of nitrogens with one attached hydrogen (secondary N) is 1. The van der Waals surface area contributed by atoms with Gasteiger partial charge in [0, 0.05) is 5.02 Å². The lowest BCUT2D eigenvalue weighted by atomic mass is 9.92. The number of halogens is 1. The van der Waals surface area contributed by atoms with E-state index in [2.05, 4.69) is 24.4 Å². The number of aromatic hydroxyl groups is 1. The van der Waals surface area contributed by atoms with Crippen molar-refractivity contribution in [1.82, 2.24) is 5.32 Å². The number of phenolic OH excluding ortho intramolecular Hbond substituents is 1. The van der Waals surface area contributed by atoms with E-state index in [-0.39, 0.29) is 0 Å². The molecule has 2 nitrogen and oxygen atoms in total. The lowest BCUT2D eigenvalue weighted by molar-refractivity contribution is 0.465. The molecule has 0 aliphatic carbocycles. The molecule has 0 saturated carbocycles. The molecule has 0 aromatic heterocycles. The summed E-state index contributed by atoms with van der Waals surface area (Å²) in [7, 11) is 0. The first kappa shape index (κ1) is 15.9. The van der Waals surface area contributed by atoms with Gasteiger partial charge in [0.1, 0.15) is 5.75 Å². The molecule has 0 fully saturated rings. The molecule has 0 aliphatic heterocycles. The minimum Gasteiger partial charge on any atom is -0.508 e. The highest BCUT2D eigenvalue weighted by atomic mass is 35.5. The predicted octanol–water partition coefficient (Wildman–Crippen LogP) is 4.06. The molecule has 2 aromatic carbocycles. The summed E-state index contributed by atoms with van der Waals surface area (Å²) < 4.78 is 0. The Morgan fingerprint density at radius 1 is 1.05 bits per heavy atom. The fraction of sp³-hybridized carbons (Fsp3) is 0.333. The smallest absolute Gasteiger partial charge is 0.115 e. The molecule has 3 heteroatoms. The van der Waals surface area contributed by atoms with E-state index in [1.807, 2.05) is 30.3 Å². The fourth-order valence-corrected chi connectivity index (χ4v) is 2.79. The molecule has 21 heavy (non-hydrogen) atoms. The quantitative estimate of drug-likeness (QED) is 0.808. The van der Waals surface area contributed by atoms with Crippen molar-refractivity contribution < 1.29 is 5.11 Å². The molecule has 0 aliphatic rings. The van der Waals surface area contributed by atoms with E-state index in [1.54, 1.807) is 6.07 Å². The average molecular weight is 304 g/mol. The maximum Gasteiger partial charge on any atom is 0.115 e. The van der Waals surface area contributed by atoms with Crippen LogP contribution in [0.2, 0.25) is 5.02 Å². The Hall–Kier alpha value is -1.51. The third-order valence-corrected chi connectivity index (χ3v) is 3.77. The van der Waals surface area contributed by atoms with Gasteiger partial charge in [0.15, 0.2) is 0 Å². The van der Waals surface area contributed by atoms with Crippen LogP contribution in [-0.4, -0.2) is 18.2 Å². The molecule has 0 bridgehead atoms. The van der Waals surface area contributed by atoms with Crippen molar-refractivity contribution in [3.05, 3.63) is 64.7 Å². The van der Waals surface area contributed by atoms with Gasteiger partial charge in [-0.05, 0) is 67.2 Å². The summed E-state index contributed by atoms with van der Waals surface area (Å²) in [5.41, 5.74) is 2.42. The van der Waals surface area contributed by atoms with Gasteiger partial charge in [0.05, 0.1) is 0 Å². The second kappa shape index (κ2) is 8.06. The zero-order chi connectivity index (χ0) is 15.1. The summed E-state index contributed by atoms with van der Waals surface area (Å²) in [5, 5.41) is 13.8. The van der Waals surface area contributed by atoms with Crippen LogP contribution in [0.5, 0.6) is 5.75 Å². The van der Waals surface area contributed by atoms with Gasteiger partial charge < -0.3 is 10.4 Å². The predicted molar refractivity (Wildman–Crippen MR) is 89.0 cm³/mol. The molecule has 0 radical (unpaired) electrons. The topological polar surface area (TPSA) is 32.3 Å². The van der Waals surface area contributed by atoms with Gasteiger partial charge >= 0.3 is 0 Å². The lowest BCUT2D eigenvalue weighted by Crippen LogP contribution is -2.25. The number of phenols is 1. The Morgan fingerprint density at radius 2 is 1.71 bits per heavy atom. The molecule has 1 unspecified atom stereocenters. The molecule has 1 atom stereocenters. The van der Waals surface area contributed by atoms with E-state index in [0.717, 1.165) is 31.0 Å². The number of rotatable bonds is 7. The highest BCUT2D eigenvalue weighted by molar-refractivity contribution is 6.30. The van der Waals surface area contributed by atoms with Gasteiger partial charge in [-0.15, -0.1) is 0 Å². The summed E-state index contributed by atoms with van der Waals surface area (Å²) in [4.78, 5) is 0. The Bertz CT molecular complexity index is 523. The van der Waals surface area contributed by atoms with Gasteiger partial charge in [-0.25, -0.2) is 0 Å². The van der Waals surface area contributed by atoms with E-state index in [9.17, 15) is 5.11 Å². The SMILES string of the molecule is CCNCC(Cc1cccc(O)c1)Cc1cccc(Cl)c1. The van der Waals surface area contributed by atoms with E-state index in [1.165, 1.54) is 11.1 Å². The van der Waals surface area contributed by atoms with Gasteiger partial charge in [-0.2, -0.15) is 0 Å². The Balaban J connectivity index is 2.06. The molecule has 2 aromatic rings. The zero-order valence-electron chi connectivity index (χ0n) is 12.3. The van der Waals surface area contributed by atoms with Crippen molar-refractivity contribution in [2.45, 2.75) is 19.8 Å². The van der Waals surface area contributed by atoms with Gasteiger partial charge in [0.2, 0.25) is 0 Å². The first-order chi connectivity index (χ1) is 10.2. The Kier molecular flexibility index (Phi) is 6.09. The van der Waals surface area contributed by atoms with Crippen LogP contribution < -0.4 is 5.32 Å². The van der Waals surface area contributed by atoms with E-state index in [4.69, 9.17) is 11.6 Å². The lowest BCUT2D eigenvalue weighted by Gasteiger charge is -2.18. The minimum absolute atomic E-state index is 0.331. The second-order valence-electron chi connectivity index (χ2n) is 5.38.